The van der Waals surface area contributed by atoms with Crippen LogP contribution >= 0.6 is 0 Å². The van der Waals surface area contributed by atoms with Crippen LogP contribution in [0.2, 0.25) is 0 Å². The van der Waals surface area contributed by atoms with Gasteiger partial charge in [0.2, 0.25) is 5.91 Å². The second-order valence-electron chi connectivity index (χ2n) is 11.3. The summed E-state index contributed by atoms with van der Waals surface area (Å²) in [5, 5.41) is 6.01. The lowest BCUT2D eigenvalue weighted by atomic mass is 9.99. The summed E-state index contributed by atoms with van der Waals surface area (Å²) in [5.41, 5.74) is 9.40. The minimum absolute atomic E-state index is 0.0975. The van der Waals surface area contributed by atoms with Crippen molar-refractivity contribution in [3.05, 3.63) is 77.6 Å². The van der Waals surface area contributed by atoms with Crippen LogP contribution in [0, 0.1) is 12.8 Å². The predicted octanol–water partition coefficient (Wildman–Crippen LogP) is 7.90. The van der Waals surface area contributed by atoms with E-state index in [0.29, 0.717) is 11.3 Å². The van der Waals surface area contributed by atoms with Gasteiger partial charge >= 0.3 is 6.18 Å². The molecule has 0 saturated carbocycles. The number of nitrogens with one attached hydrogen (secondary N) is 2. The van der Waals surface area contributed by atoms with Crippen molar-refractivity contribution in [2.24, 2.45) is 5.92 Å². The van der Waals surface area contributed by atoms with Crippen molar-refractivity contribution in [1.82, 2.24) is 19.8 Å². The summed E-state index contributed by atoms with van der Waals surface area (Å²) in [6.07, 6.45) is 4.23. The lowest BCUT2D eigenvalue weighted by Crippen LogP contribution is -2.22. The number of nitrogens with two attached hydrogens (primary N) is 1. The Kier molecular flexibility index (Phi) is 18.2. The van der Waals surface area contributed by atoms with Crippen LogP contribution in [0.5, 0.6) is 0 Å². The molecule has 2 aromatic carbocycles. The van der Waals surface area contributed by atoms with E-state index in [1.54, 1.807) is 25.1 Å². The number of carbonyl (C=O) groups is 2. The number of halogens is 3. The standard InChI is InChI=1S/C21H33N5O.C13H14F3NO.C2H6/c1-6-15(2)20(14-27)26-13-16(3)24-21(26)18-12-17(8-9-19(18)22)23-10-7-11-25(4)5;1-2-3-7-12(18)17-9-10-5-4-6-11(8-10)13(14,15)16;1-2/h8-9,12-15,20,23H,6-7,10-11,22H2,1-5H3;2-6,8H,7,9H2,1H3,(H,17,18);1-2H3/b;3-2-;/t15-,20?;;/m0../s1. The Labute approximate surface area is 278 Å². The normalized spacial score (nSPS) is 12.4. The summed E-state index contributed by atoms with van der Waals surface area (Å²) in [6.45, 7) is 13.9. The molecular weight excluding hydrogens is 605 g/mol. The van der Waals surface area contributed by atoms with Gasteiger partial charge in [0.1, 0.15) is 12.1 Å². The number of nitrogen functional groups attached to an aromatic ring is 1. The first-order valence-electron chi connectivity index (χ1n) is 16.1. The number of aryl methyl sites for hydroxylation is 1. The van der Waals surface area contributed by atoms with E-state index in [-0.39, 0.29) is 30.8 Å². The fourth-order valence-electron chi connectivity index (χ4n) is 4.50. The summed E-state index contributed by atoms with van der Waals surface area (Å²) in [7, 11) is 4.15. The lowest BCUT2D eigenvalue weighted by Gasteiger charge is -2.21. The van der Waals surface area contributed by atoms with Crippen molar-refractivity contribution in [1.29, 1.82) is 0 Å². The first-order valence-corrected chi connectivity index (χ1v) is 16.1. The molecule has 1 heterocycles. The number of hydrogen-bond acceptors (Lipinski definition) is 6. The second kappa shape index (κ2) is 20.9. The average molecular weight is 659 g/mol. The van der Waals surface area contributed by atoms with Crippen LogP contribution in [0.4, 0.5) is 24.5 Å². The van der Waals surface area contributed by atoms with Crippen molar-refractivity contribution in [3.8, 4) is 11.4 Å². The quantitative estimate of drug-likeness (QED) is 0.0704. The van der Waals surface area contributed by atoms with E-state index in [2.05, 4.69) is 48.5 Å². The van der Waals surface area contributed by atoms with Crippen LogP contribution in [0.15, 0.2) is 60.8 Å². The molecule has 0 saturated heterocycles. The summed E-state index contributed by atoms with van der Waals surface area (Å²) in [6, 6.07) is 10.6. The third-order valence-corrected chi connectivity index (χ3v) is 7.23. The number of aldehydes is 1. The van der Waals surface area contributed by atoms with Crippen LogP contribution in [0.3, 0.4) is 0 Å². The fraction of sp³-hybridized carbons (Fsp3) is 0.472. The van der Waals surface area contributed by atoms with Crippen LogP contribution in [-0.2, 0) is 22.3 Å². The van der Waals surface area contributed by atoms with Crippen molar-refractivity contribution in [3.63, 3.8) is 0 Å². The van der Waals surface area contributed by atoms with Crippen LogP contribution < -0.4 is 16.4 Å². The Bertz CT molecular complexity index is 1400. The Morgan fingerprint density at radius 3 is 2.45 bits per heavy atom. The number of allylic oxidation sites excluding steroid dienone is 1. The van der Waals surface area contributed by atoms with E-state index >= 15 is 0 Å². The molecule has 47 heavy (non-hydrogen) atoms. The highest BCUT2D eigenvalue weighted by molar-refractivity contribution is 5.78. The van der Waals surface area contributed by atoms with Gasteiger partial charge in [0.15, 0.2) is 0 Å². The Morgan fingerprint density at radius 2 is 1.85 bits per heavy atom. The van der Waals surface area contributed by atoms with E-state index in [4.69, 9.17) is 5.73 Å². The van der Waals surface area contributed by atoms with E-state index in [9.17, 15) is 22.8 Å². The molecule has 0 aliphatic carbocycles. The molecule has 4 N–H and O–H groups in total. The first kappa shape index (κ1) is 40.9. The number of benzene rings is 2. The second-order valence-corrected chi connectivity index (χ2v) is 11.3. The molecular formula is C36H53F3N6O2. The van der Waals surface area contributed by atoms with Crippen LogP contribution in [0.25, 0.3) is 11.4 Å². The molecule has 0 aliphatic rings. The molecule has 0 spiro atoms. The highest BCUT2D eigenvalue weighted by Gasteiger charge is 2.30. The van der Waals surface area contributed by atoms with Gasteiger partial charge in [0, 0.05) is 42.6 Å². The van der Waals surface area contributed by atoms with E-state index in [1.165, 1.54) is 6.07 Å². The number of nitrogens with zero attached hydrogens (tertiary/aromatic N) is 3. The largest absolute Gasteiger partial charge is 0.416 e. The van der Waals surface area contributed by atoms with E-state index in [0.717, 1.165) is 67.1 Å². The van der Waals surface area contributed by atoms with Crippen molar-refractivity contribution >= 4 is 23.6 Å². The molecule has 0 bridgehead atoms. The summed E-state index contributed by atoms with van der Waals surface area (Å²) in [4.78, 5) is 29.9. The van der Waals surface area contributed by atoms with Crippen LogP contribution in [0.1, 0.15) is 76.7 Å². The number of carbonyl (C=O) groups excluding carboxylic acids is 2. The average Bonchev–Trinajstić information content (AvgIpc) is 3.43. The van der Waals surface area contributed by atoms with Crippen LogP contribution in [-0.4, -0.2) is 53.8 Å². The number of anilines is 2. The van der Waals surface area contributed by atoms with Gasteiger partial charge in [-0.05, 0) is 82.7 Å². The number of rotatable bonds is 14. The highest BCUT2D eigenvalue weighted by Crippen LogP contribution is 2.32. The SMILES string of the molecule is C/C=C\CC(=O)NCc1cccc(C(F)(F)F)c1.CC.CC[C@H](C)C(C=O)n1cc(C)nc1-c1cc(NCCCN(C)C)ccc1N. The monoisotopic (exact) mass is 658 g/mol. The molecule has 3 aromatic rings. The molecule has 0 fully saturated rings. The molecule has 8 nitrogen and oxygen atoms in total. The van der Waals surface area contributed by atoms with E-state index < -0.39 is 11.7 Å². The molecule has 2 atom stereocenters. The van der Waals surface area contributed by atoms with Gasteiger partial charge in [0.25, 0.3) is 0 Å². The van der Waals surface area contributed by atoms with Gasteiger partial charge in [-0.3, -0.25) is 4.79 Å². The molecule has 11 heteroatoms. The third-order valence-electron chi connectivity index (χ3n) is 7.23. The van der Waals surface area contributed by atoms with Gasteiger partial charge in [-0.2, -0.15) is 13.2 Å². The van der Waals surface area contributed by atoms with Gasteiger partial charge in [-0.1, -0.05) is 58.4 Å². The number of hydrogen-bond donors (Lipinski definition) is 3. The first-order chi connectivity index (χ1) is 22.3. The summed E-state index contributed by atoms with van der Waals surface area (Å²) < 4.78 is 39.3. The molecule has 260 valence electrons. The number of imidazole rings is 1. The minimum atomic E-state index is -4.36. The Balaban J connectivity index is 0.000000480. The molecule has 3 rings (SSSR count). The number of aromatic nitrogens is 2. The lowest BCUT2D eigenvalue weighted by molar-refractivity contribution is -0.137. The number of amides is 1. The molecule has 1 unspecified atom stereocenters. The molecule has 1 amide bonds. The topological polar surface area (TPSA) is 105 Å². The Morgan fingerprint density at radius 1 is 1.15 bits per heavy atom. The van der Waals surface area contributed by atoms with Gasteiger partial charge in [0.05, 0.1) is 17.3 Å². The van der Waals surface area contributed by atoms with Crippen molar-refractivity contribution in [2.45, 2.75) is 79.6 Å². The van der Waals surface area contributed by atoms with Crippen molar-refractivity contribution in [2.75, 3.05) is 38.2 Å². The Hall–Kier alpha value is -4.12. The molecule has 0 radical (unpaired) electrons. The van der Waals surface area contributed by atoms with Crippen molar-refractivity contribution < 1.29 is 22.8 Å². The minimum Gasteiger partial charge on any atom is -0.398 e. The predicted molar refractivity (Wildman–Crippen MR) is 187 cm³/mol. The van der Waals surface area contributed by atoms with Gasteiger partial charge in [-0.15, -0.1) is 0 Å². The third kappa shape index (κ3) is 14.0. The summed E-state index contributed by atoms with van der Waals surface area (Å²) >= 11 is 0. The molecule has 1 aromatic heterocycles. The zero-order valence-electron chi connectivity index (χ0n) is 29.1. The molecule has 0 aliphatic heterocycles. The maximum Gasteiger partial charge on any atom is 0.416 e. The maximum absolute atomic E-state index is 12.4. The smallest absolute Gasteiger partial charge is 0.398 e. The maximum atomic E-state index is 12.4. The van der Waals surface area contributed by atoms with E-state index in [1.807, 2.05) is 49.7 Å². The zero-order chi connectivity index (χ0) is 35.6. The van der Waals surface area contributed by atoms with Gasteiger partial charge < -0.3 is 30.6 Å². The van der Waals surface area contributed by atoms with Gasteiger partial charge in [-0.25, -0.2) is 4.98 Å². The summed E-state index contributed by atoms with van der Waals surface area (Å²) in [5.74, 6) is 0.758. The highest BCUT2D eigenvalue weighted by atomic mass is 19.4. The number of alkyl halides is 3. The zero-order valence-corrected chi connectivity index (χ0v) is 29.1. The fourth-order valence-corrected chi connectivity index (χ4v) is 4.50.